The monoisotopic (exact) mass is 412 g/mol. The molecule has 0 saturated heterocycles. The highest BCUT2D eigenvalue weighted by atomic mass is 35.5. The number of ether oxygens (including phenoxy) is 2. The van der Waals surface area contributed by atoms with Crippen LogP contribution in [0.3, 0.4) is 0 Å². The third kappa shape index (κ3) is 5.04. The van der Waals surface area contributed by atoms with Crippen LogP contribution >= 0.6 is 24.2 Å². The van der Waals surface area contributed by atoms with Crippen molar-refractivity contribution in [3.63, 3.8) is 0 Å². The molecule has 7 heteroatoms. The summed E-state index contributed by atoms with van der Waals surface area (Å²) >= 11 is 1.69. The number of benzene rings is 1. The molecule has 1 aromatic carbocycles. The van der Waals surface area contributed by atoms with Gasteiger partial charge in [0.05, 0.1) is 0 Å². The van der Waals surface area contributed by atoms with Gasteiger partial charge >= 0.3 is 0 Å². The van der Waals surface area contributed by atoms with Crippen LogP contribution in [0.25, 0.3) is 0 Å². The summed E-state index contributed by atoms with van der Waals surface area (Å²) in [5.74, 6) is 3.70. The topological polar surface area (TPSA) is 73.6 Å². The fourth-order valence-corrected chi connectivity index (χ4v) is 5.54. The average Bonchev–Trinajstić information content (AvgIpc) is 2.62. The Morgan fingerprint density at radius 3 is 2.59 bits per heavy atom. The first-order valence-corrected chi connectivity index (χ1v) is 10.7. The van der Waals surface area contributed by atoms with Crippen molar-refractivity contribution >= 4 is 30.1 Å². The zero-order chi connectivity index (χ0) is 17.9. The number of nitrogens with one attached hydrogen (secondary N) is 1. The van der Waals surface area contributed by atoms with Crippen LogP contribution in [0, 0.1) is 11.8 Å². The molecule has 1 amide bonds. The van der Waals surface area contributed by atoms with Crippen LogP contribution in [0.5, 0.6) is 11.5 Å². The zero-order valence-corrected chi connectivity index (χ0v) is 17.2. The Bertz CT molecular complexity index is 646. The Morgan fingerprint density at radius 1 is 1.15 bits per heavy atom. The van der Waals surface area contributed by atoms with E-state index in [0.29, 0.717) is 43.6 Å². The minimum atomic E-state index is 0. The van der Waals surface area contributed by atoms with Crippen molar-refractivity contribution in [2.75, 3.05) is 19.0 Å². The van der Waals surface area contributed by atoms with Crippen molar-refractivity contribution in [3.8, 4) is 11.5 Å². The van der Waals surface area contributed by atoms with E-state index < -0.39 is 0 Å². The Kier molecular flexibility index (Phi) is 7.17. The van der Waals surface area contributed by atoms with E-state index in [1.807, 2.05) is 18.2 Å². The predicted molar refractivity (Wildman–Crippen MR) is 110 cm³/mol. The van der Waals surface area contributed by atoms with E-state index in [0.717, 1.165) is 35.0 Å². The molecule has 1 aromatic rings. The van der Waals surface area contributed by atoms with Crippen LogP contribution in [0.4, 0.5) is 0 Å². The molecule has 2 atom stereocenters. The highest BCUT2D eigenvalue weighted by Gasteiger charge is 2.39. The van der Waals surface area contributed by atoms with Gasteiger partial charge in [0.2, 0.25) is 5.91 Å². The van der Waals surface area contributed by atoms with Crippen molar-refractivity contribution in [1.82, 2.24) is 5.32 Å². The van der Waals surface area contributed by atoms with E-state index in [-0.39, 0.29) is 18.3 Å². The molecule has 2 bridgehead atoms. The second-order valence-electron chi connectivity index (χ2n) is 7.68. The molecule has 2 aliphatic carbocycles. The molecule has 0 spiro atoms. The molecule has 5 nitrogen and oxygen atoms in total. The molecule has 0 radical (unpaired) electrons. The lowest BCUT2D eigenvalue weighted by Gasteiger charge is -2.45. The van der Waals surface area contributed by atoms with E-state index in [4.69, 9.17) is 15.2 Å². The average molecular weight is 413 g/mol. The van der Waals surface area contributed by atoms with E-state index >= 15 is 0 Å². The summed E-state index contributed by atoms with van der Waals surface area (Å²) in [6.45, 7) is 1.20. The second kappa shape index (κ2) is 9.39. The minimum absolute atomic E-state index is 0. The third-order valence-corrected chi connectivity index (χ3v) is 6.81. The number of fused-ring (bicyclic) bond motifs is 3. The van der Waals surface area contributed by atoms with Crippen LogP contribution in [0.1, 0.15) is 38.5 Å². The lowest BCUT2D eigenvalue weighted by atomic mass is 9.67. The maximum Gasteiger partial charge on any atom is 0.221 e. The fourth-order valence-electron chi connectivity index (χ4n) is 4.66. The predicted octanol–water partition coefficient (Wildman–Crippen LogP) is 3.38. The van der Waals surface area contributed by atoms with Crippen LogP contribution in [-0.2, 0) is 4.79 Å². The molecular formula is C20H29ClN2O3S. The van der Waals surface area contributed by atoms with Crippen molar-refractivity contribution in [1.29, 1.82) is 0 Å². The van der Waals surface area contributed by atoms with Gasteiger partial charge in [-0.1, -0.05) is 6.42 Å². The van der Waals surface area contributed by atoms with Crippen molar-refractivity contribution < 1.29 is 14.3 Å². The van der Waals surface area contributed by atoms with Crippen LogP contribution in [0.2, 0.25) is 0 Å². The summed E-state index contributed by atoms with van der Waals surface area (Å²) in [5, 5.41) is 3.33. The second-order valence-corrected chi connectivity index (χ2v) is 8.85. The quantitative estimate of drug-likeness (QED) is 0.725. The molecule has 2 fully saturated rings. The minimum Gasteiger partial charge on any atom is -0.486 e. The standard InChI is InChI=1S/C20H28N2O3S.ClH/c21-15-10-13-2-1-3-14(11-15)20(13)22-19(23)6-9-26-16-4-5-17-18(12-16)25-8-7-24-17;/h4-5,12-15,20H,1-3,6-11,21H2,(H,22,23);1H. The molecule has 150 valence electrons. The summed E-state index contributed by atoms with van der Waals surface area (Å²) in [4.78, 5) is 13.6. The highest BCUT2D eigenvalue weighted by molar-refractivity contribution is 7.99. The van der Waals surface area contributed by atoms with E-state index in [2.05, 4.69) is 5.32 Å². The van der Waals surface area contributed by atoms with E-state index in [1.165, 1.54) is 19.3 Å². The van der Waals surface area contributed by atoms with Crippen LogP contribution in [-0.4, -0.2) is 37.0 Å². The van der Waals surface area contributed by atoms with E-state index in [9.17, 15) is 4.79 Å². The summed E-state index contributed by atoms with van der Waals surface area (Å²) < 4.78 is 11.2. The number of carbonyl (C=O) groups excluding carboxylic acids is 1. The van der Waals surface area contributed by atoms with Crippen molar-refractivity contribution in [2.45, 2.75) is 55.5 Å². The molecule has 27 heavy (non-hydrogen) atoms. The van der Waals surface area contributed by atoms with Gasteiger partial charge in [0.25, 0.3) is 0 Å². The van der Waals surface area contributed by atoms with Gasteiger partial charge in [-0.15, -0.1) is 24.2 Å². The number of nitrogens with two attached hydrogens (primary N) is 1. The number of halogens is 1. The van der Waals surface area contributed by atoms with Gasteiger partial charge in [-0.2, -0.15) is 0 Å². The largest absolute Gasteiger partial charge is 0.486 e. The lowest BCUT2D eigenvalue weighted by Crippen LogP contribution is -2.53. The van der Waals surface area contributed by atoms with Crippen molar-refractivity contribution in [3.05, 3.63) is 18.2 Å². The SMILES string of the molecule is Cl.NC1CC2CCCC(C1)C2NC(=O)CCSc1ccc2c(c1)OCCO2. The molecule has 3 N–H and O–H groups in total. The lowest BCUT2D eigenvalue weighted by molar-refractivity contribution is -0.123. The number of rotatable bonds is 5. The van der Waals surface area contributed by atoms with Gasteiger partial charge in [-0.25, -0.2) is 0 Å². The molecule has 1 aliphatic heterocycles. The number of thioether (sulfide) groups is 1. The first-order chi connectivity index (χ1) is 12.7. The summed E-state index contributed by atoms with van der Waals surface area (Å²) in [7, 11) is 0. The maximum atomic E-state index is 12.4. The van der Waals surface area contributed by atoms with Crippen LogP contribution < -0.4 is 20.5 Å². The third-order valence-electron chi connectivity index (χ3n) is 5.82. The molecule has 4 rings (SSSR count). The number of carbonyl (C=O) groups is 1. The van der Waals surface area contributed by atoms with Gasteiger partial charge in [0.15, 0.2) is 11.5 Å². The van der Waals surface area contributed by atoms with Crippen molar-refractivity contribution in [2.24, 2.45) is 17.6 Å². The summed E-state index contributed by atoms with van der Waals surface area (Å²) in [5.41, 5.74) is 6.18. The van der Waals surface area contributed by atoms with Gasteiger partial charge in [0, 0.05) is 29.2 Å². The molecule has 1 heterocycles. The smallest absolute Gasteiger partial charge is 0.221 e. The zero-order valence-electron chi connectivity index (χ0n) is 15.5. The Labute approximate surface area is 171 Å². The van der Waals surface area contributed by atoms with Gasteiger partial charge in [-0.05, 0) is 55.7 Å². The van der Waals surface area contributed by atoms with Gasteiger partial charge < -0.3 is 20.5 Å². The first-order valence-electron chi connectivity index (χ1n) is 9.76. The van der Waals surface area contributed by atoms with Crippen LogP contribution in [0.15, 0.2) is 23.1 Å². The number of amides is 1. The normalized spacial score (nSPS) is 28.8. The van der Waals surface area contributed by atoms with Gasteiger partial charge in [0.1, 0.15) is 13.2 Å². The number of hydrogen-bond donors (Lipinski definition) is 2. The Hall–Kier alpha value is -1.11. The number of hydrogen-bond acceptors (Lipinski definition) is 5. The first kappa shape index (κ1) is 20.6. The fraction of sp³-hybridized carbons (Fsp3) is 0.650. The molecule has 2 unspecified atom stereocenters. The van der Waals surface area contributed by atoms with E-state index in [1.54, 1.807) is 11.8 Å². The maximum absolute atomic E-state index is 12.4. The van der Waals surface area contributed by atoms with Gasteiger partial charge in [-0.3, -0.25) is 4.79 Å². The summed E-state index contributed by atoms with van der Waals surface area (Å²) in [6.07, 6.45) is 6.37. The Morgan fingerprint density at radius 2 is 1.85 bits per heavy atom. The Balaban J connectivity index is 0.00000210. The highest BCUT2D eigenvalue weighted by Crippen LogP contribution is 2.40. The molecule has 3 aliphatic rings. The molecule has 0 aromatic heterocycles. The molecular weight excluding hydrogens is 384 g/mol. The molecule has 2 saturated carbocycles. The summed E-state index contributed by atoms with van der Waals surface area (Å²) in [6, 6.07) is 6.65.